The second kappa shape index (κ2) is 7.44. The van der Waals surface area contributed by atoms with Crippen LogP contribution in [-0.4, -0.2) is 40.0 Å². The molecule has 1 atom stereocenters. The Morgan fingerprint density at radius 1 is 1.33 bits per heavy atom. The van der Waals surface area contributed by atoms with E-state index in [1.165, 1.54) is 11.3 Å². The van der Waals surface area contributed by atoms with E-state index in [0.717, 1.165) is 18.5 Å². The van der Waals surface area contributed by atoms with Gasteiger partial charge in [-0.05, 0) is 30.9 Å². The summed E-state index contributed by atoms with van der Waals surface area (Å²) in [5.41, 5.74) is 2.95. The first-order valence-electron chi connectivity index (χ1n) is 7.90. The maximum atomic E-state index is 12.8. The standard InChI is InChI=1S/C17H19N3O3S/c21-14(22)9-12-5-4-8-20(10-12)17(23)15-16(24-11-18-15)19-13-6-2-1-3-7-13/h1-3,6-7,11-12,19H,4-5,8-10H2,(H,21,22). The van der Waals surface area contributed by atoms with Crippen molar-refractivity contribution in [3.8, 4) is 0 Å². The fraction of sp³-hybridized carbons (Fsp3) is 0.353. The molecular formula is C17H19N3O3S. The summed E-state index contributed by atoms with van der Waals surface area (Å²) in [6, 6.07) is 9.63. The van der Waals surface area contributed by atoms with Crippen molar-refractivity contribution in [3.05, 3.63) is 41.5 Å². The van der Waals surface area contributed by atoms with Crippen molar-refractivity contribution in [1.82, 2.24) is 9.88 Å². The highest BCUT2D eigenvalue weighted by Crippen LogP contribution is 2.28. The van der Waals surface area contributed by atoms with E-state index < -0.39 is 5.97 Å². The highest BCUT2D eigenvalue weighted by molar-refractivity contribution is 7.14. The van der Waals surface area contributed by atoms with E-state index in [1.54, 1.807) is 10.4 Å². The predicted octanol–water partition coefficient (Wildman–Crippen LogP) is 3.21. The Kier molecular flexibility index (Phi) is 5.10. The van der Waals surface area contributed by atoms with Gasteiger partial charge >= 0.3 is 5.97 Å². The number of amides is 1. The van der Waals surface area contributed by atoms with Crippen molar-refractivity contribution in [1.29, 1.82) is 0 Å². The average molecular weight is 345 g/mol. The molecule has 7 heteroatoms. The third-order valence-corrected chi connectivity index (χ3v) is 4.81. The number of nitrogens with zero attached hydrogens (tertiary/aromatic N) is 2. The van der Waals surface area contributed by atoms with Crippen molar-refractivity contribution >= 4 is 33.9 Å². The number of rotatable bonds is 5. The number of likely N-dealkylation sites (tertiary alicyclic amines) is 1. The van der Waals surface area contributed by atoms with Gasteiger partial charge in [0.25, 0.3) is 5.91 Å². The smallest absolute Gasteiger partial charge is 0.303 e. The van der Waals surface area contributed by atoms with Crippen LogP contribution in [0.15, 0.2) is 35.8 Å². The zero-order valence-corrected chi connectivity index (χ0v) is 14.0. The SMILES string of the molecule is O=C(O)CC1CCCN(C(=O)c2ncsc2Nc2ccccc2)C1. The number of nitrogens with one attached hydrogen (secondary N) is 1. The number of hydrogen-bond acceptors (Lipinski definition) is 5. The highest BCUT2D eigenvalue weighted by Gasteiger charge is 2.28. The van der Waals surface area contributed by atoms with Crippen LogP contribution >= 0.6 is 11.3 Å². The number of para-hydroxylation sites is 1. The maximum Gasteiger partial charge on any atom is 0.303 e. The number of carbonyl (C=O) groups is 2. The molecule has 1 aliphatic rings. The number of carboxylic acid groups (broad SMARTS) is 1. The number of piperidine rings is 1. The molecule has 0 spiro atoms. The monoisotopic (exact) mass is 345 g/mol. The van der Waals surface area contributed by atoms with Gasteiger partial charge in [-0.2, -0.15) is 0 Å². The topological polar surface area (TPSA) is 82.5 Å². The first-order valence-corrected chi connectivity index (χ1v) is 8.78. The van der Waals surface area contributed by atoms with E-state index >= 15 is 0 Å². The van der Waals surface area contributed by atoms with Gasteiger partial charge in [-0.25, -0.2) is 4.98 Å². The lowest BCUT2D eigenvalue weighted by Gasteiger charge is -2.31. The molecule has 1 unspecified atom stereocenters. The third-order valence-electron chi connectivity index (χ3n) is 4.07. The number of aromatic nitrogens is 1. The number of benzene rings is 1. The molecule has 1 saturated heterocycles. The Bertz CT molecular complexity index is 717. The molecule has 2 heterocycles. The molecule has 2 aromatic rings. The van der Waals surface area contributed by atoms with Crippen molar-refractivity contribution in [3.63, 3.8) is 0 Å². The highest BCUT2D eigenvalue weighted by atomic mass is 32.1. The van der Waals surface area contributed by atoms with Gasteiger partial charge in [0.05, 0.1) is 5.51 Å². The van der Waals surface area contributed by atoms with E-state index in [-0.39, 0.29) is 18.2 Å². The summed E-state index contributed by atoms with van der Waals surface area (Å²) in [6.07, 6.45) is 1.79. The molecule has 24 heavy (non-hydrogen) atoms. The molecule has 0 bridgehead atoms. The molecule has 1 amide bonds. The Labute approximate surface area is 144 Å². The lowest BCUT2D eigenvalue weighted by atomic mass is 9.94. The molecule has 6 nitrogen and oxygen atoms in total. The van der Waals surface area contributed by atoms with Gasteiger partial charge in [-0.3, -0.25) is 9.59 Å². The van der Waals surface area contributed by atoms with Crippen molar-refractivity contribution in [2.24, 2.45) is 5.92 Å². The van der Waals surface area contributed by atoms with E-state index in [1.807, 2.05) is 30.3 Å². The van der Waals surface area contributed by atoms with Crippen LogP contribution in [0.4, 0.5) is 10.7 Å². The molecule has 0 saturated carbocycles. The summed E-state index contributed by atoms with van der Waals surface area (Å²) in [5.74, 6) is -0.927. The number of hydrogen-bond donors (Lipinski definition) is 2. The van der Waals surface area contributed by atoms with Gasteiger partial charge in [0.15, 0.2) is 5.69 Å². The first kappa shape index (κ1) is 16.4. The second-order valence-electron chi connectivity index (χ2n) is 5.88. The Balaban J connectivity index is 1.71. The maximum absolute atomic E-state index is 12.8. The van der Waals surface area contributed by atoms with Crippen LogP contribution in [0.1, 0.15) is 29.8 Å². The fourth-order valence-corrected chi connectivity index (χ4v) is 3.64. The quantitative estimate of drug-likeness (QED) is 0.869. The molecule has 2 N–H and O–H groups in total. The lowest BCUT2D eigenvalue weighted by molar-refractivity contribution is -0.138. The number of thiazole rings is 1. The van der Waals surface area contributed by atoms with Crippen molar-refractivity contribution in [2.75, 3.05) is 18.4 Å². The Hall–Kier alpha value is -2.41. The van der Waals surface area contributed by atoms with E-state index in [9.17, 15) is 9.59 Å². The molecule has 1 fully saturated rings. The molecular weight excluding hydrogens is 326 g/mol. The number of carboxylic acids is 1. The molecule has 1 aromatic carbocycles. The number of aliphatic carboxylic acids is 1. The molecule has 1 aromatic heterocycles. The van der Waals surface area contributed by atoms with Gasteiger partial charge in [-0.15, -0.1) is 11.3 Å². The fourth-order valence-electron chi connectivity index (χ4n) is 2.95. The van der Waals surface area contributed by atoms with Gasteiger partial charge in [0, 0.05) is 25.2 Å². The van der Waals surface area contributed by atoms with Gasteiger partial charge in [0.2, 0.25) is 0 Å². The summed E-state index contributed by atoms with van der Waals surface area (Å²) >= 11 is 1.38. The van der Waals surface area contributed by atoms with Crippen LogP contribution < -0.4 is 5.32 Å². The van der Waals surface area contributed by atoms with Crippen LogP contribution in [0.3, 0.4) is 0 Å². The Morgan fingerprint density at radius 2 is 2.12 bits per heavy atom. The molecule has 3 rings (SSSR count). The minimum absolute atomic E-state index is 0.0179. The summed E-state index contributed by atoms with van der Waals surface area (Å²) in [5, 5.41) is 12.9. The summed E-state index contributed by atoms with van der Waals surface area (Å²) < 4.78 is 0. The molecule has 0 aliphatic carbocycles. The first-order chi connectivity index (χ1) is 11.6. The molecule has 126 valence electrons. The van der Waals surface area contributed by atoms with Gasteiger partial charge < -0.3 is 15.3 Å². The third kappa shape index (κ3) is 3.91. The van der Waals surface area contributed by atoms with E-state index in [4.69, 9.17) is 5.11 Å². The van der Waals surface area contributed by atoms with Crippen LogP contribution in [0.5, 0.6) is 0 Å². The van der Waals surface area contributed by atoms with Gasteiger partial charge in [-0.1, -0.05) is 18.2 Å². The van der Waals surface area contributed by atoms with Gasteiger partial charge in [0.1, 0.15) is 5.00 Å². The van der Waals surface area contributed by atoms with E-state index in [0.29, 0.717) is 23.8 Å². The van der Waals surface area contributed by atoms with Crippen LogP contribution in [-0.2, 0) is 4.79 Å². The summed E-state index contributed by atoms with van der Waals surface area (Å²) in [7, 11) is 0. The van der Waals surface area contributed by atoms with Crippen LogP contribution in [0.2, 0.25) is 0 Å². The minimum Gasteiger partial charge on any atom is -0.481 e. The van der Waals surface area contributed by atoms with Crippen LogP contribution in [0.25, 0.3) is 0 Å². The number of anilines is 2. The zero-order valence-electron chi connectivity index (χ0n) is 13.1. The van der Waals surface area contributed by atoms with Crippen molar-refractivity contribution < 1.29 is 14.7 Å². The molecule has 1 aliphatic heterocycles. The molecule has 0 radical (unpaired) electrons. The zero-order chi connectivity index (χ0) is 16.9. The van der Waals surface area contributed by atoms with E-state index in [2.05, 4.69) is 10.3 Å². The Morgan fingerprint density at radius 3 is 2.88 bits per heavy atom. The minimum atomic E-state index is -0.811. The second-order valence-corrected chi connectivity index (χ2v) is 6.73. The number of carbonyl (C=O) groups excluding carboxylic acids is 1. The summed E-state index contributed by atoms with van der Waals surface area (Å²) in [4.78, 5) is 29.6. The van der Waals surface area contributed by atoms with Crippen LogP contribution in [0, 0.1) is 5.92 Å². The average Bonchev–Trinajstić information content (AvgIpc) is 3.03. The predicted molar refractivity (Wildman–Crippen MR) is 92.7 cm³/mol. The summed E-state index contributed by atoms with van der Waals surface area (Å²) in [6.45, 7) is 1.13. The lowest BCUT2D eigenvalue weighted by Crippen LogP contribution is -2.40. The normalized spacial score (nSPS) is 17.5. The largest absolute Gasteiger partial charge is 0.481 e. The van der Waals surface area contributed by atoms with Crippen molar-refractivity contribution in [2.45, 2.75) is 19.3 Å².